The van der Waals surface area contributed by atoms with E-state index in [0.29, 0.717) is 10.2 Å². The van der Waals surface area contributed by atoms with Crippen molar-refractivity contribution in [1.29, 1.82) is 5.26 Å². The smallest absolute Gasteiger partial charge is 0.303 e. The van der Waals surface area contributed by atoms with Crippen molar-refractivity contribution in [3.63, 3.8) is 0 Å². The number of hydrogen-bond donors (Lipinski definition) is 0. The van der Waals surface area contributed by atoms with Gasteiger partial charge in [-0.3, -0.25) is 14.2 Å². The van der Waals surface area contributed by atoms with E-state index in [1.807, 2.05) is 41.8 Å². The van der Waals surface area contributed by atoms with Gasteiger partial charge in [0.1, 0.15) is 18.0 Å². The lowest BCUT2D eigenvalue weighted by Crippen LogP contribution is -2.25. The number of rotatable bonds is 4. The number of nitrogens with zero attached hydrogens (tertiary/aromatic N) is 3. The number of thiophene rings is 1. The molecule has 0 bridgehead atoms. The molecule has 0 atom stereocenters. The van der Waals surface area contributed by atoms with Crippen molar-refractivity contribution in [1.82, 2.24) is 9.55 Å². The molecule has 0 unspecified atom stereocenters. The third-order valence-electron chi connectivity index (χ3n) is 3.49. The average molecular weight is 339 g/mol. The number of nitriles is 1. The monoisotopic (exact) mass is 339 g/mol. The summed E-state index contributed by atoms with van der Waals surface area (Å²) in [4.78, 5) is 28.9. The molecule has 0 saturated heterocycles. The predicted molar refractivity (Wildman–Crippen MR) is 90.4 cm³/mol. The Hall–Kier alpha value is -2.98. The molecule has 120 valence electrons. The molecule has 3 rings (SSSR count). The summed E-state index contributed by atoms with van der Waals surface area (Å²) >= 11 is 1.35. The molecule has 0 aliphatic carbocycles. The fraction of sp³-hybridized carbons (Fsp3) is 0.176. The number of ether oxygens (including phenoxy) is 1. The molecular formula is C17H13N3O3S. The Balaban J connectivity index is 2.21. The molecule has 0 N–H and O–H groups in total. The van der Waals surface area contributed by atoms with Crippen molar-refractivity contribution in [2.75, 3.05) is 0 Å². The summed E-state index contributed by atoms with van der Waals surface area (Å²) in [6.07, 6.45) is 0. The molecule has 1 aromatic carbocycles. The topological polar surface area (TPSA) is 85.0 Å². The van der Waals surface area contributed by atoms with E-state index in [-0.39, 0.29) is 24.5 Å². The second-order valence-electron chi connectivity index (χ2n) is 5.05. The first-order valence-corrected chi connectivity index (χ1v) is 8.06. The summed E-state index contributed by atoms with van der Waals surface area (Å²) in [5.74, 6) is -0.199. The molecule has 0 fully saturated rings. The van der Waals surface area contributed by atoms with Crippen molar-refractivity contribution < 1.29 is 9.53 Å². The Morgan fingerprint density at radius 1 is 1.38 bits per heavy atom. The van der Waals surface area contributed by atoms with Crippen molar-refractivity contribution in [2.45, 2.75) is 20.1 Å². The Labute approximate surface area is 141 Å². The normalized spacial score (nSPS) is 10.5. The minimum atomic E-state index is -0.469. The van der Waals surface area contributed by atoms with Gasteiger partial charge in [-0.15, -0.1) is 11.3 Å². The Morgan fingerprint density at radius 3 is 2.79 bits per heavy atom. The number of hydrogen-bond acceptors (Lipinski definition) is 6. The summed E-state index contributed by atoms with van der Waals surface area (Å²) in [5, 5.41) is 11.4. The third-order valence-corrected chi connectivity index (χ3v) is 4.36. The first-order chi connectivity index (χ1) is 11.6. The molecule has 0 aliphatic rings. The number of aromatic nitrogens is 2. The standard InChI is InChI=1S/C17H13N3O3S/c1-11(21)23-9-14-19-16-15(17(22)20(14)8-7-18)13(10-24-16)12-5-3-2-4-6-12/h2-6,10H,8-9H2,1H3. The van der Waals surface area contributed by atoms with E-state index in [4.69, 9.17) is 10.00 Å². The summed E-state index contributed by atoms with van der Waals surface area (Å²) in [6.45, 7) is 0.993. The largest absolute Gasteiger partial charge is 0.458 e. The van der Waals surface area contributed by atoms with Gasteiger partial charge in [-0.25, -0.2) is 4.98 Å². The van der Waals surface area contributed by atoms with Crippen LogP contribution < -0.4 is 5.56 Å². The van der Waals surface area contributed by atoms with Gasteiger partial charge in [-0.2, -0.15) is 5.26 Å². The summed E-state index contributed by atoms with van der Waals surface area (Å²) in [5.41, 5.74) is 1.40. The second-order valence-corrected chi connectivity index (χ2v) is 5.91. The van der Waals surface area contributed by atoms with E-state index in [2.05, 4.69) is 4.98 Å². The van der Waals surface area contributed by atoms with Gasteiger partial charge in [0.2, 0.25) is 0 Å². The number of esters is 1. The van der Waals surface area contributed by atoms with Crippen LogP contribution in [0, 0.1) is 11.3 Å². The van der Waals surface area contributed by atoms with Crippen molar-refractivity contribution in [3.05, 3.63) is 51.9 Å². The summed E-state index contributed by atoms with van der Waals surface area (Å²) < 4.78 is 6.20. The van der Waals surface area contributed by atoms with Crippen LogP contribution in [0.4, 0.5) is 0 Å². The van der Waals surface area contributed by atoms with Crippen LogP contribution in [0.3, 0.4) is 0 Å². The highest BCUT2D eigenvalue weighted by Crippen LogP contribution is 2.30. The van der Waals surface area contributed by atoms with Crippen LogP contribution in [-0.2, 0) is 22.7 Å². The third kappa shape index (κ3) is 2.92. The van der Waals surface area contributed by atoms with Crippen LogP contribution in [0.5, 0.6) is 0 Å². The first-order valence-electron chi connectivity index (χ1n) is 7.18. The molecule has 0 aliphatic heterocycles. The molecule has 0 saturated carbocycles. The molecule has 2 aromatic heterocycles. The van der Waals surface area contributed by atoms with Crippen LogP contribution in [0.2, 0.25) is 0 Å². The Kier molecular flexibility index (Phi) is 4.40. The highest BCUT2D eigenvalue weighted by atomic mass is 32.1. The van der Waals surface area contributed by atoms with Gasteiger partial charge >= 0.3 is 5.97 Å². The van der Waals surface area contributed by atoms with Gasteiger partial charge in [-0.05, 0) is 5.56 Å². The fourth-order valence-corrected chi connectivity index (χ4v) is 3.36. The number of carbonyl (C=O) groups is 1. The summed E-state index contributed by atoms with van der Waals surface area (Å²) in [7, 11) is 0. The first kappa shape index (κ1) is 15.9. The van der Waals surface area contributed by atoms with Gasteiger partial charge in [-0.1, -0.05) is 30.3 Å². The van der Waals surface area contributed by atoms with E-state index < -0.39 is 5.97 Å². The zero-order valence-corrected chi connectivity index (χ0v) is 13.7. The Morgan fingerprint density at radius 2 is 2.12 bits per heavy atom. The fourth-order valence-electron chi connectivity index (χ4n) is 2.41. The number of carbonyl (C=O) groups excluding carboxylic acids is 1. The maximum atomic E-state index is 12.9. The predicted octanol–water partition coefficient (Wildman–Crippen LogP) is 2.71. The van der Waals surface area contributed by atoms with Gasteiger partial charge in [0.25, 0.3) is 5.56 Å². The van der Waals surface area contributed by atoms with E-state index >= 15 is 0 Å². The quantitative estimate of drug-likeness (QED) is 0.682. The maximum Gasteiger partial charge on any atom is 0.303 e. The zero-order valence-electron chi connectivity index (χ0n) is 12.9. The van der Waals surface area contributed by atoms with Crippen molar-refractivity contribution >= 4 is 27.5 Å². The lowest BCUT2D eigenvalue weighted by molar-refractivity contribution is -0.142. The van der Waals surface area contributed by atoms with Crippen LogP contribution in [-0.4, -0.2) is 15.5 Å². The maximum absolute atomic E-state index is 12.9. The molecule has 2 heterocycles. The van der Waals surface area contributed by atoms with E-state index in [1.165, 1.54) is 22.8 Å². The van der Waals surface area contributed by atoms with Crippen LogP contribution >= 0.6 is 11.3 Å². The van der Waals surface area contributed by atoms with Crippen LogP contribution in [0.15, 0.2) is 40.5 Å². The second kappa shape index (κ2) is 6.64. The van der Waals surface area contributed by atoms with E-state index in [9.17, 15) is 9.59 Å². The van der Waals surface area contributed by atoms with E-state index in [0.717, 1.165) is 11.1 Å². The minimum Gasteiger partial charge on any atom is -0.458 e. The highest BCUT2D eigenvalue weighted by molar-refractivity contribution is 7.17. The summed E-state index contributed by atoms with van der Waals surface area (Å²) in [6, 6.07) is 11.5. The van der Waals surface area contributed by atoms with Gasteiger partial charge in [0, 0.05) is 17.9 Å². The lowest BCUT2D eigenvalue weighted by atomic mass is 10.1. The van der Waals surface area contributed by atoms with Gasteiger partial charge in [0.15, 0.2) is 5.82 Å². The molecular weight excluding hydrogens is 326 g/mol. The molecule has 0 spiro atoms. The molecule has 0 amide bonds. The number of fused-ring (bicyclic) bond motifs is 1. The van der Waals surface area contributed by atoms with Crippen molar-refractivity contribution in [3.8, 4) is 17.2 Å². The average Bonchev–Trinajstić information content (AvgIpc) is 3.01. The van der Waals surface area contributed by atoms with Crippen LogP contribution in [0.25, 0.3) is 21.3 Å². The van der Waals surface area contributed by atoms with Gasteiger partial charge in [0.05, 0.1) is 11.5 Å². The van der Waals surface area contributed by atoms with Crippen molar-refractivity contribution in [2.24, 2.45) is 0 Å². The molecule has 24 heavy (non-hydrogen) atoms. The Bertz CT molecular complexity index is 1000. The van der Waals surface area contributed by atoms with E-state index in [1.54, 1.807) is 0 Å². The molecule has 0 radical (unpaired) electrons. The lowest BCUT2D eigenvalue weighted by Gasteiger charge is -2.09. The molecule has 6 nitrogen and oxygen atoms in total. The van der Waals surface area contributed by atoms with Crippen LogP contribution in [0.1, 0.15) is 12.7 Å². The highest BCUT2D eigenvalue weighted by Gasteiger charge is 2.17. The SMILES string of the molecule is CC(=O)OCc1nc2scc(-c3ccccc3)c2c(=O)n1CC#N. The zero-order chi connectivity index (χ0) is 17.1. The minimum absolute atomic E-state index is 0.138. The molecule has 7 heteroatoms. The molecule has 3 aromatic rings. The van der Waals surface area contributed by atoms with Gasteiger partial charge < -0.3 is 4.74 Å². The number of benzene rings is 1.